The summed E-state index contributed by atoms with van der Waals surface area (Å²) < 4.78 is 5.11. The molecule has 0 heterocycles. The Bertz CT molecular complexity index is 461. The molecule has 1 rings (SSSR count). The van der Waals surface area contributed by atoms with Gasteiger partial charge in [-0.05, 0) is 20.0 Å². The maximum absolute atomic E-state index is 10.9. The number of anilines is 1. The van der Waals surface area contributed by atoms with Crippen LogP contribution in [0.1, 0.15) is 13.8 Å². The Kier molecular flexibility index (Phi) is 5.76. The minimum absolute atomic E-state index is 0.0270. The topological polar surface area (TPSA) is 67.6 Å². The SMILES string of the molecule is COc1cc(NC(CN(C)C)C(C)C)cc([N+](=O)[O-])c1. The lowest BCUT2D eigenvalue weighted by Gasteiger charge is -2.26. The summed E-state index contributed by atoms with van der Waals surface area (Å²) in [4.78, 5) is 12.6. The number of nitro benzene ring substituents is 1. The first kappa shape index (κ1) is 16.2. The Morgan fingerprint density at radius 2 is 2.00 bits per heavy atom. The van der Waals surface area contributed by atoms with Crippen LogP contribution in [-0.2, 0) is 0 Å². The van der Waals surface area contributed by atoms with E-state index in [4.69, 9.17) is 4.74 Å². The Labute approximate surface area is 119 Å². The van der Waals surface area contributed by atoms with Crippen LogP contribution in [0.2, 0.25) is 0 Å². The molecule has 1 aromatic rings. The molecule has 0 radical (unpaired) electrons. The summed E-state index contributed by atoms with van der Waals surface area (Å²) in [5.41, 5.74) is 0.732. The molecule has 0 saturated carbocycles. The summed E-state index contributed by atoms with van der Waals surface area (Å²) in [6, 6.07) is 4.93. The van der Waals surface area contributed by atoms with Crippen LogP contribution >= 0.6 is 0 Å². The fourth-order valence-electron chi connectivity index (χ4n) is 1.92. The molecule has 0 bridgehead atoms. The summed E-state index contributed by atoms with van der Waals surface area (Å²) in [5.74, 6) is 0.886. The van der Waals surface area contributed by atoms with Gasteiger partial charge >= 0.3 is 0 Å². The lowest BCUT2D eigenvalue weighted by atomic mass is 10.0. The number of benzene rings is 1. The molecule has 112 valence electrons. The minimum atomic E-state index is -0.413. The van der Waals surface area contributed by atoms with E-state index in [-0.39, 0.29) is 11.7 Å². The maximum Gasteiger partial charge on any atom is 0.275 e. The molecule has 6 heteroatoms. The predicted molar refractivity (Wildman–Crippen MR) is 80.5 cm³/mol. The number of likely N-dealkylation sites (N-methyl/N-ethyl adjacent to an activating group) is 1. The standard InChI is InChI=1S/C14H23N3O3/c1-10(2)14(9-16(3)4)15-11-6-12(17(18)19)8-13(7-11)20-5/h6-8,10,14-15H,9H2,1-5H3. The zero-order valence-electron chi connectivity index (χ0n) is 12.7. The van der Waals surface area contributed by atoms with Gasteiger partial charge in [0.25, 0.3) is 5.69 Å². The van der Waals surface area contributed by atoms with Crippen LogP contribution in [0.25, 0.3) is 0 Å². The number of hydrogen-bond donors (Lipinski definition) is 1. The van der Waals surface area contributed by atoms with E-state index in [1.807, 2.05) is 14.1 Å². The van der Waals surface area contributed by atoms with Gasteiger partial charge in [0.1, 0.15) is 5.75 Å². The van der Waals surface area contributed by atoms with Crippen molar-refractivity contribution < 1.29 is 9.66 Å². The number of rotatable bonds is 7. The minimum Gasteiger partial charge on any atom is -0.496 e. The van der Waals surface area contributed by atoms with Gasteiger partial charge in [0.05, 0.1) is 18.1 Å². The van der Waals surface area contributed by atoms with E-state index in [1.165, 1.54) is 19.2 Å². The third kappa shape index (κ3) is 4.70. The molecule has 1 aromatic carbocycles. The summed E-state index contributed by atoms with van der Waals surface area (Å²) in [5, 5.41) is 14.3. The third-order valence-electron chi connectivity index (χ3n) is 3.06. The molecule has 0 fully saturated rings. The van der Waals surface area contributed by atoms with Crippen molar-refractivity contribution in [2.75, 3.05) is 33.1 Å². The van der Waals surface area contributed by atoms with E-state index in [1.54, 1.807) is 6.07 Å². The van der Waals surface area contributed by atoms with Crippen molar-refractivity contribution in [1.29, 1.82) is 0 Å². The van der Waals surface area contributed by atoms with Crippen LogP contribution in [0.3, 0.4) is 0 Å². The molecule has 0 aliphatic heterocycles. The van der Waals surface area contributed by atoms with Gasteiger partial charge in [0, 0.05) is 30.4 Å². The zero-order valence-corrected chi connectivity index (χ0v) is 12.7. The van der Waals surface area contributed by atoms with Crippen molar-refractivity contribution in [1.82, 2.24) is 4.90 Å². The van der Waals surface area contributed by atoms with Gasteiger partial charge in [0.15, 0.2) is 0 Å². The highest BCUT2D eigenvalue weighted by molar-refractivity contribution is 5.56. The fourth-order valence-corrected chi connectivity index (χ4v) is 1.92. The number of nitrogens with zero attached hydrogens (tertiary/aromatic N) is 2. The average Bonchev–Trinajstić information content (AvgIpc) is 2.36. The van der Waals surface area contributed by atoms with Gasteiger partial charge in [-0.2, -0.15) is 0 Å². The second kappa shape index (κ2) is 7.09. The van der Waals surface area contributed by atoms with Crippen molar-refractivity contribution in [3.8, 4) is 5.75 Å². The molecule has 0 aliphatic rings. The van der Waals surface area contributed by atoms with E-state index in [0.29, 0.717) is 17.4 Å². The summed E-state index contributed by atoms with van der Waals surface area (Å²) >= 11 is 0. The van der Waals surface area contributed by atoms with Gasteiger partial charge < -0.3 is 15.0 Å². The van der Waals surface area contributed by atoms with Crippen molar-refractivity contribution in [3.05, 3.63) is 28.3 Å². The van der Waals surface area contributed by atoms with Crippen LogP contribution in [-0.4, -0.2) is 43.6 Å². The van der Waals surface area contributed by atoms with E-state index in [9.17, 15) is 10.1 Å². The van der Waals surface area contributed by atoms with Gasteiger partial charge in [0.2, 0.25) is 0 Å². The molecule has 1 unspecified atom stereocenters. The van der Waals surface area contributed by atoms with Gasteiger partial charge in [-0.3, -0.25) is 10.1 Å². The van der Waals surface area contributed by atoms with E-state index in [0.717, 1.165) is 6.54 Å². The first-order chi connectivity index (χ1) is 9.33. The van der Waals surface area contributed by atoms with E-state index in [2.05, 4.69) is 24.1 Å². The Morgan fingerprint density at radius 1 is 1.35 bits per heavy atom. The summed E-state index contributed by atoms with van der Waals surface area (Å²) in [7, 11) is 5.51. The van der Waals surface area contributed by atoms with Gasteiger partial charge in [-0.25, -0.2) is 0 Å². The fraction of sp³-hybridized carbons (Fsp3) is 0.571. The molecule has 6 nitrogen and oxygen atoms in total. The maximum atomic E-state index is 10.9. The summed E-state index contributed by atoms with van der Waals surface area (Å²) in [6.45, 7) is 5.09. The smallest absolute Gasteiger partial charge is 0.275 e. The second-order valence-electron chi connectivity index (χ2n) is 5.43. The van der Waals surface area contributed by atoms with Gasteiger partial charge in [-0.1, -0.05) is 13.8 Å². The molecule has 1 N–H and O–H groups in total. The highest BCUT2D eigenvalue weighted by Crippen LogP contribution is 2.27. The summed E-state index contributed by atoms with van der Waals surface area (Å²) in [6.07, 6.45) is 0. The average molecular weight is 281 g/mol. The number of nitro groups is 1. The molecule has 0 amide bonds. The number of hydrogen-bond acceptors (Lipinski definition) is 5. The molecule has 1 atom stereocenters. The van der Waals surface area contributed by atoms with E-state index >= 15 is 0 Å². The third-order valence-corrected chi connectivity index (χ3v) is 3.06. The molecule has 0 aliphatic carbocycles. The molecule has 0 spiro atoms. The molecule has 20 heavy (non-hydrogen) atoms. The predicted octanol–water partition coefficient (Wildman–Crippen LogP) is 2.60. The van der Waals surface area contributed by atoms with Gasteiger partial charge in [-0.15, -0.1) is 0 Å². The Balaban J connectivity index is 2.99. The lowest BCUT2D eigenvalue weighted by molar-refractivity contribution is -0.384. The Morgan fingerprint density at radius 3 is 2.45 bits per heavy atom. The van der Waals surface area contributed by atoms with Crippen molar-refractivity contribution in [2.24, 2.45) is 5.92 Å². The molecule has 0 aromatic heterocycles. The van der Waals surface area contributed by atoms with Crippen molar-refractivity contribution in [3.63, 3.8) is 0 Å². The largest absolute Gasteiger partial charge is 0.496 e. The normalized spacial score (nSPS) is 12.6. The van der Waals surface area contributed by atoms with Crippen molar-refractivity contribution >= 4 is 11.4 Å². The first-order valence-corrected chi connectivity index (χ1v) is 6.58. The molecule has 0 saturated heterocycles. The monoisotopic (exact) mass is 281 g/mol. The lowest BCUT2D eigenvalue weighted by Crippen LogP contribution is -2.36. The number of non-ortho nitro benzene ring substituents is 1. The zero-order chi connectivity index (χ0) is 15.3. The quantitative estimate of drug-likeness (QED) is 0.614. The van der Waals surface area contributed by atoms with Crippen LogP contribution in [0.5, 0.6) is 5.75 Å². The molecular weight excluding hydrogens is 258 g/mol. The van der Waals surface area contributed by atoms with Crippen LogP contribution in [0.4, 0.5) is 11.4 Å². The number of methoxy groups -OCH3 is 1. The second-order valence-corrected chi connectivity index (χ2v) is 5.43. The van der Waals surface area contributed by atoms with E-state index < -0.39 is 4.92 Å². The first-order valence-electron chi connectivity index (χ1n) is 6.58. The van der Waals surface area contributed by atoms with Crippen LogP contribution in [0, 0.1) is 16.0 Å². The number of nitrogens with one attached hydrogen (secondary N) is 1. The highest BCUT2D eigenvalue weighted by Gasteiger charge is 2.17. The Hall–Kier alpha value is -1.82. The molecular formula is C14H23N3O3. The number of ether oxygens (including phenoxy) is 1. The van der Waals surface area contributed by atoms with Crippen LogP contribution < -0.4 is 10.1 Å². The highest BCUT2D eigenvalue weighted by atomic mass is 16.6. The van der Waals surface area contributed by atoms with Crippen molar-refractivity contribution in [2.45, 2.75) is 19.9 Å². The van der Waals surface area contributed by atoms with Crippen LogP contribution in [0.15, 0.2) is 18.2 Å².